The van der Waals surface area contributed by atoms with E-state index in [-0.39, 0.29) is 17.9 Å². The van der Waals surface area contributed by atoms with Crippen LogP contribution in [0.5, 0.6) is 5.88 Å². The van der Waals surface area contributed by atoms with Crippen molar-refractivity contribution in [1.82, 2.24) is 24.6 Å². The van der Waals surface area contributed by atoms with Crippen molar-refractivity contribution in [3.05, 3.63) is 35.5 Å². The number of amides is 2. The maximum Gasteiger partial charge on any atom is 0.322 e. The van der Waals surface area contributed by atoms with Crippen molar-refractivity contribution in [1.29, 1.82) is 0 Å². The molecule has 0 radical (unpaired) electrons. The third-order valence-electron chi connectivity index (χ3n) is 5.02. The smallest absolute Gasteiger partial charge is 0.322 e. The number of carbonyl (C=O) groups is 1. The number of ether oxygens (including phenoxy) is 1. The highest BCUT2D eigenvalue weighted by atomic mass is 19.1. The summed E-state index contributed by atoms with van der Waals surface area (Å²) in [6.07, 6.45) is 1.66. The van der Waals surface area contributed by atoms with Gasteiger partial charge in [-0.2, -0.15) is 0 Å². The van der Waals surface area contributed by atoms with Crippen molar-refractivity contribution in [2.45, 2.75) is 25.8 Å². The molecule has 0 unspecified atom stereocenters. The summed E-state index contributed by atoms with van der Waals surface area (Å²) in [4.78, 5) is 22.4. The van der Waals surface area contributed by atoms with E-state index in [9.17, 15) is 9.18 Å². The zero-order chi connectivity index (χ0) is 19.1. The predicted octanol–water partition coefficient (Wildman–Crippen LogP) is 3.12. The van der Waals surface area contributed by atoms with Crippen LogP contribution in [0.2, 0.25) is 0 Å². The number of likely N-dealkylation sites (tertiary alicyclic amines) is 1. The van der Waals surface area contributed by atoms with Gasteiger partial charge in [0.1, 0.15) is 17.3 Å². The molecule has 2 N–H and O–H groups in total. The first kappa shape index (κ1) is 17.3. The molecule has 2 aromatic heterocycles. The fourth-order valence-corrected chi connectivity index (χ4v) is 3.50. The SMILES string of the molecule is COc1nn(C)c(C)c1NC(=O)N1CCC[C@H]1c1nc2ccc(F)cc2[nH]1. The highest BCUT2D eigenvalue weighted by Crippen LogP contribution is 2.33. The van der Waals surface area contributed by atoms with E-state index in [1.807, 2.05) is 6.92 Å². The molecule has 2 amide bonds. The van der Waals surface area contributed by atoms with Gasteiger partial charge in [0.05, 0.1) is 29.9 Å². The van der Waals surface area contributed by atoms with Gasteiger partial charge in [-0.15, -0.1) is 5.10 Å². The molecule has 3 aromatic rings. The number of nitrogens with zero attached hydrogens (tertiary/aromatic N) is 4. The number of aromatic nitrogens is 4. The number of nitrogens with one attached hydrogen (secondary N) is 2. The van der Waals surface area contributed by atoms with E-state index in [1.165, 1.54) is 19.2 Å². The summed E-state index contributed by atoms with van der Waals surface area (Å²) >= 11 is 0. The Kier molecular flexibility index (Phi) is 4.21. The number of aryl methyl sites for hydroxylation is 1. The quantitative estimate of drug-likeness (QED) is 0.739. The van der Waals surface area contributed by atoms with Gasteiger partial charge in [-0.3, -0.25) is 4.68 Å². The Morgan fingerprint density at radius 3 is 3.04 bits per heavy atom. The van der Waals surface area contributed by atoms with Gasteiger partial charge in [0.2, 0.25) is 0 Å². The second kappa shape index (κ2) is 6.57. The molecular weight excluding hydrogens is 351 g/mol. The lowest BCUT2D eigenvalue weighted by atomic mass is 10.2. The molecule has 0 aliphatic carbocycles. The number of hydrogen-bond acceptors (Lipinski definition) is 4. The Balaban J connectivity index is 1.60. The first-order chi connectivity index (χ1) is 13.0. The molecule has 4 rings (SSSR count). The van der Waals surface area contributed by atoms with Gasteiger partial charge in [-0.1, -0.05) is 0 Å². The van der Waals surface area contributed by atoms with Gasteiger partial charge in [0, 0.05) is 13.6 Å². The van der Waals surface area contributed by atoms with Gasteiger partial charge < -0.3 is 19.9 Å². The molecule has 1 aliphatic rings. The largest absolute Gasteiger partial charge is 0.478 e. The molecule has 142 valence electrons. The first-order valence-corrected chi connectivity index (χ1v) is 8.78. The molecule has 0 bridgehead atoms. The monoisotopic (exact) mass is 372 g/mol. The standard InChI is InChI=1S/C18H21FN6O2/c1-10-15(17(27-3)23-24(10)2)22-18(26)25-8-4-5-14(25)16-20-12-7-6-11(19)9-13(12)21-16/h6-7,9,14H,4-5,8H2,1-3H3,(H,20,21)(H,22,26)/t14-/m0/s1. The summed E-state index contributed by atoms with van der Waals surface area (Å²) in [6.45, 7) is 2.48. The van der Waals surface area contributed by atoms with E-state index in [0.29, 0.717) is 35.0 Å². The number of benzene rings is 1. The number of carbonyl (C=O) groups excluding carboxylic acids is 1. The van der Waals surface area contributed by atoms with Gasteiger partial charge in [-0.05, 0) is 38.0 Å². The van der Waals surface area contributed by atoms with Gasteiger partial charge in [0.25, 0.3) is 5.88 Å². The van der Waals surface area contributed by atoms with Crippen molar-refractivity contribution in [2.75, 3.05) is 19.0 Å². The average Bonchev–Trinajstić information content (AvgIpc) is 3.34. The summed E-state index contributed by atoms with van der Waals surface area (Å²) in [7, 11) is 3.31. The number of rotatable bonds is 3. The Morgan fingerprint density at radius 1 is 1.44 bits per heavy atom. The summed E-state index contributed by atoms with van der Waals surface area (Å²) in [5.41, 5.74) is 2.67. The minimum atomic E-state index is -0.321. The van der Waals surface area contributed by atoms with Crippen molar-refractivity contribution in [2.24, 2.45) is 7.05 Å². The number of methoxy groups -OCH3 is 1. The first-order valence-electron chi connectivity index (χ1n) is 8.78. The number of urea groups is 1. The fourth-order valence-electron chi connectivity index (χ4n) is 3.50. The lowest BCUT2D eigenvalue weighted by Crippen LogP contribution is -2.35. The molecule has 9 heteroatoms. The average molecular weight is 372 g/mol. The normalized spacial score (nSPS) is 16.9. The van der Waals surface area contributed by atoms with Crippen LogP contribution >= 0.6 is 0 Å². The molecule has 3 heterocycles. The molecule has 0 saturated carbocycles. The van der Waals surface area contributed by atoms with Crippen LogP contribution in [0.4, 0.5) is 14.9 Å². The summed E-state index contributed by atoms with van der Waals surface area (Å²) in [5.74, 6) is 0.717. The molecule has 1 atom stereocenters. The maximum atomic E-state index is 13.4. The molecule has 1 fully saturated rings. The van der Waals surface area contributed by atoms with Gasteiger partial charge >= 0.3 is 6.03 Å². The number of H-pyrrole nitrogens is 1. The Hall–Kier alpha value is -3.10. The zero-order valence-corrected chi connectivity index (χ0v) is 15.4. The molecule has 1 aliphatic heterocycles. The maximum absolute atomic E-state index is 13.4. The van der Waals surface area contributed by atoms with Gasteiger partial charge in [0.15, 0.2) is 0 Å². The molecule has 27 heavy (non-hydrogen) atoms. The number of aromatic amines is 1. The van der Waals surface area contributed by atoms with Crippen LogP contribution in [-0.2, 0) is 7.05 Å². The van der Waals surface area contributed by atoms with Crippen LogP contribution in [0.25, 0.3) is 11.0 Å². The molecule has 8 nitrogen and oxygen atoms in total. The molecular formula is C18H21FN6O2. The van der Waals surface area contributed by atoms with Crippen LogP contribution in [0, 0.1) is 12.7 Å². The minimum Gasteiger partial charge on any atom is -0.478 e. The fraction of sp³-hybridized carbons (Fsp3) is 0.389. The highest BCUT2D eigenvalue weighted by molar-refractivity contribution is 5.92. The Bertz CT molecular complexity index is 1010. The number of halogens is 1. The summed E-state index contributed by atoms with van der Waals surface area (Å²) in [6, 6.07) is 3.99. The van der Waals surface area contributed by atoms with Crippen LogP contribution in [0.15, 0.2) is 18.2 Å². The van der Waals surface area contributed by atoms with Crippen molar-refractivity contribution in [3.8, 4) is 5.88 Å². The second-order valence-corrected chi connectivity index (χ2v) is 6.66. The highest BCUT2D eigenvalue weighted by Gasteiger charge is 2.33. The number of hydrogen-bond donors (Lipinski definition) is 2. The van der Waals surface area contributed by atoms with Crippen LogP contribution in [0.1, 0.15) is 30.4 Å². The topological polar surface area (TPSA) is 88.1 Å². The van der Waals surface area contributed by atoms with Crippen LogP contribution in [0.3, 0.4) is 0 Å². The lowest BCUT2D eigenvalue weighted by Gasteiger charge is -2.23. The number of fused-ring (bicyclic) bond motifs is 1. The Labute approximate surface area is 155 Å². The van der Waals surface area contributed by atoms with E-state index in [4.69, 9.17) is 4.74 Å². The van der Waals surface area contributed by atoms with Crippen molar-refractivity contribution < 1.29 is 13.9 Å². The summed E-state index contributed by atoms with van der Waals surface area (Å²) in [5, 5.41) is 7.14. The number of anilines is 1. The van der Waals surface area contributed by atoms with E-state index < -0.39 is 0 Å². The number of imidazole rings is 1. The van der Waals surface area contributed by atoms with E-state index in [0.717, 1.165) is 18.5 Å². The second-order valence-electron chi connectivity index (χ2n) is 6.66. The third kappa shape index (κ3) is 2.98. The predicted molar refractivity (Wildman–Crippen MR) is 98.2 cm³/mol. The molecule has 1 saturated heterocycles. The van der Waals surface area contributed by atoms with Crippen LogP contribution in [-0.4, -0.2) is 44.3 Å². The van der Waals surface area contributed by atoms with E-state index >= 15 is 0 Å². The third-order valence-corrected chi connectivity index (χ3v) is 5.02. The van der Waals surface area contributed by atoms with Crippen LogP contribution < -0.4 is 10.1 Å². The zero-order valence-electron chi connectivity index (χ0n) is 15.4. The van der Waals surface area contributed by atoms with E-state index in [1.54, 1.807) is 22.7 Å². The summed E-state index contributed by atoms with van der Waals surface area (Å²) < 4.78 is 20.3. The van der Waals surface area contributed by atoms with E-state index in [2.05, 4.69) is 20.4 Å². The van der Waals surface area contributed by atoms with Gasteiger partial charge in [-0.25, -0.2) is 14.2 Å². The van der Waals surface area contributed by atoms with Crippen molar-refractivity contribution >= 4 is 22.8 Å². The lowest BCUT2D eigenvalue weighted by molar-refractivity contribution is 0.205. The molecule has 1 aromatic carbocycles. The minimum absolute atomic E-state index is 0.191. The van der Waals surface area contributed by atoms with Crippen molar-refractivity contribution in [3.63, 3.8) is 0 Å². The Morgan fingerprint density at radius 2 is 2.26 bits per heavy atom. The molecule has 0 spiro atoms.